The highest BCUT2D eigenvalue weighted by atomic mass is 32.2. The molecule has 1 N–H and O–H groups in total. The Morgan fingerprint density at radius 1 is 1.50 bits per heavy atom. The summed E-state index contributed by atoms with van der Waals surface area (Å²) in [7, 11) is 2.04. The number of nitrogens with one attached hydrogen (secondary N) is 1. The van der Waals surface area contributed by atoms with Crippen LogP contribution in [-0.4, -0.2) is 44.0 Å². The van der Waals surface area contributed by atoms with E-state index < -0.39 is 0 Å². The maximum absolute atomic E-state index is 4.21. The average molecular weight is 286 g/mol. The second-order valence-corrected chi connectivity index (χ2v) is 7.33. The van der Waals surface area contributed by atoms with Crippen LogP contribution in [0, 0.1) is 0 Å². The maximum atomic E-state index is 4.21. The first kappa shape index (κ1) is 14.2. The van der Waals surface area contributed by atoms with Crippen molar-refractivity contribution in [3.8, 4) is 0 Å². The summed E-state index contributed by atoms with van der Waals surface area (Å²) in [4.78, 5) is 0. The van der Waals surface area contributed by atoms with Crippen LogP contribution in [0.25, 0.3) is 0 Å². The van der Waals surface area contributed by atoms with Crippen LogP contribution in [0.15, 0.2) is 6.20 Å². The normalized spacial score (nSPS) is 26.2. The summed E-state index contributed by atoms with van der Waals surface area (Å²) in [5.41, 5.74) is 1.23. The number of aryl methyl sites for hydroxylation is 1. The third-order valence-corrected chi connectivity index (χ3v) is 6.47. The van der Waals surface area contributed by atoms with Crippen molar-refractivity contribution in [2.75, 3.05) is 18.6 Å². The molecule has 0 bridgehead atoms. The Morgan fingerprint density at radius 3 is 2.94 bits per heavy atom. The van der Waals surface area contributed by atoms with E-state index in [1.807, 2.05) is 17.9 Å². The van der Waals surface area contributed by atoms with Gasteiger partial charge in [-0.25, -0.2) is 4.68 Å². The van der Waals surface area contributed by atoms with Gasteiger partial charge in [0.05, 0.1) is 17.9 Å². The third kappa shape index (κ3) is 3.03. The van der Waals surface area contributed by atoms with Gasteiger partial charge in [-0.15, -0.1) is 5.10 Å². The molecule has 0 radical (unpaired) electrons. The van der Waals surface area contributed by atoms with Gasteiger partial charge in [0.2, 0.25) is 0 Å². The van der Waals surface area contributed by atoms with Gasteiger partial charge in [-0.05, 0) is 13.5 Å². The van der Waals surface area contributed by atoms with Crippen molar-refractivity contribution >= 4 is 23.5 Å². The molecule has 0 spiro atoms. The highest BCUT2D eigenvalue weighted by molar-refractivity contribution is 8.07. The minimum absolute atomic E-state index is 0.347. The van der Waals surface area contributed by atoms with Crippen LogP contribution in [0.5, 0.6) is 0 Å². The van der Waals surface area contributed by atoms with E-state index in [-0.39, 0.29) is 0 Å². The first-order chi connectivity index (χ1) is 8.77. The molecule has 3 unspecified atom stereocenters. The largest absolute Gasteiger partial charge is 0.311 e. The molecule has 2 heterocycles. The van der Waals surface area contributed by atoms with Gasteiger partial charge >= 0.3 is 0 Å². The van der Waals surface area contributed by atoms with Crippen LogP contribution in [0.4, 0.5) is 0 Å². The Balaban J connectivity index is 2.18. The van der Waals surface area contributed by atoms with Crippen molar-refractivity contribution in [3.05, 3.63) is 11.9 Å². The van der Waals surface area contributed by atoms with Gasteiger partial charge in [0, 0.05) is 28.6 Å². The van der Waals surface area contributed by atoms with E-state index in [0.717, 1.165) is 13.0 Å². The fourth-order valence-electron chi connectivity index (χ4n) is 2.39. The van der Waals surface area contributed by atoms with Gasteiger partial charge in [0.25, 0.3) is 0 Å². The van der Waals surface area contributed by atoms with E-state index in [1.165, 1.54) is 17.2 Å². The fourth-order valence-corrected chi connectivity index (χ4v) is 5.36. The van der Waals surface area contributed by atoms with Crippen LogP contribution in [0.2, 0.25) is 0 Å². The number of nitrogens with zero attached hydrogens (tertiary/aromatic N) is 3. The quantitative estimate of drug-likeness (QED) is 0.899. The van der Waals surface area contributed by atoms with Crippen LogP contribution < -0.4 is 5.32 Å². The predicted molar refractivity (Wildman–Crippen MR) is 80.3 cm³/mol. The standard InChI is InChI=1S/C12H22N4S2/c1-4-5-16-10(8-14-15-16)11(13-3)12-9(2)17-6-7-18-12/h8-9,11-13H,4-7H2,1-3H3. The van der Waals surface area contributed by atoms with E-state index in [0.29, 0.717) is 16.5 Å². The van der Waals surface area contributed by atoms with Gasteiger partial charge in [-0.3, -0.25) is 0 Å². The SMILES string of the molecule is CCCn1nncc1C(NC)C1SCCSC1C. The van der Waals surface area contributed by atoms with Gasteiger partial charge < -0.3 is 5.32 Å². The summed E-state index contributed by atoms with van der Waals surface area (Å²) in [6.07, 6.45) is 3.01. The molecule has 1 aromatic rings. The molecule has 0 aromatic carbocycles. The lowest BCUT2D eigenvalue weighted by atomic mass is 10.1. The molecule has 0 amide bonds. The second-order valence-electron chi connectivity index (χ2n) is 4.56. The first-order valence-corrected chi connectivity index (χ1v) is 8.66. The van der Waals surface area contributed by atoms with Crippen LogP contribution >= 0.6 is 23.5 Å². The van der Waals surface area contributed by atoms with Gasteiger partial charge in [0.1, 0.15) is 0 Å². The summed E-state index contributed by atoms with van der Waals surface area (Å²) in [6.45, 7) is 5.46. The molecule has 2 rings (SSSR count). The molecule has 102 valence electrons. The summed E-state index contributed by atoms with van der Waals surface area (Å²) >= 11 is 4.15. The molecule has 3 atom stereocenters. The highest BCUT2D eigenvalue weighted by Crippen LogP contribution is 2.38. The predicted octanol–water partition coefficient (Wildman–Crippen LogP) is 2.19. The molecule has 0 saturated carbocycles. The van der Waals surface area contributed by atoms with Crippen molar-refractivity contribution in [1.82, 2.24) is 20.3 Å². The molecule has 6 heteroatoms. The zero-order valence-electron chi connectivity index (χ0n) is 11.3. The van der Waals surface area contributed by atoms with Crippen molar-refractivity contribution < 1.29 is 0 Å². The topological polar surface area (TPSA) is 42.7 Å². The lowest BCUT2D eigenvalue weighted by molar-refractivity contribution is 0.479. The second kappa shape index (κ2) is 6.82. The van der Waals surface area contributed by atoms with E-state index >= 15 is 0 Å². The average Bonchev–Trinajstić information content (AvgIpc) is 2.82. The van der Waals surface area contributed by atoms with Gasteiger partial charge in [0.15, 0.2) is 0 Å². The Morgan fingerprint density at radius 2 is 2.28 bits per heavy atom. The number of thioether (sulfide) groups is 2. The zero-order chi connectivity index (χ0) is 13.0. The molecular weight excluding hydrogens is 264 g/mol. The smallest absolute Gasteiger partial charge is 0.0768 e. The minimum atomic E-state index is 0.347. The van der Waals surface area contributed by atoms with Crippen LogP contribution in [-0.2, 0) is 6.54 Å². The lowest BCUT2D eigenvalue weighted by Crippen LogP contribution is -2.37. The van der Waals surface area contributed by atoms with Gasteiger partial charge in [-0.1, -0.05) is 19.1 Å². The number of hydrogen-bond donors (Lipinski definition) is 1. The minimum Gasteiger partial charge on any atom is -0.311 e. The number of rotatable bonds is 5. The molecule has 1 fully saturated rings. The van der Waals surface area contributed by atoms with Crippen molar-refractivity contribution in [1.29, 1.82) is 0 Å². The first-order valence-electron chi connectivity index (χ1n) is 6.56. The molecule has 1 aromatic heterocycles. The number of aromatic nitrogens is 3. The Hall–Kier alpha value is -0.200. The summed E-state index contributed by atoms with van der Waals surface area (Å²) in [6, 6.07) is 0.347. The van der Waals surface area contributed by atoms with Gasteiger partial charge in [-0.2, -0.15) is 23.5 Å². The zero-order valence-corrected chi connectivity index (χ0v) is 12.9. The monoisotopic (exact) mass is 286 g/mol. The van der Waals surface area contributed by atoms with E-state index in [9.17, 15) is 0 Å². The molecule has 1 aliphatic rings. The molecule has 1 saturated heterocycles. The molecule has 4 nitrogen and oxygen atoms in total. The molecular formula is C12H22N4S2. The Bertz CT molecular complexity index is 369. The Labute approximate surface area is 118 Å². The third-order valence-electron chi connectivity index (χ3n) is 3.28. The maximum Gasteiger partial charge on any atom is 0.0768 e. The number of hydrogen-bond acceptors (Lipinski definition) is 5. The van der Waals surface area contributed by atoms with E-state index in [1.54, 1.807) is 0 Å². The summed E-state index contributed by atoms with van der Waals surface area (Å²) in [5.74, 6) is 2.51. The van der Waals surface area contributed by atoms with Crippen molar-refractivity contribution in [2.24, 2.45) is 0 Å². The van der Waals surface area contributed by atoms with E-state index in [2.05, 4.69) is 53.0 Å². The molecule has 1 aliphatic heterocycles. The Kier molecular flexibility index (Phi) is 5.38. The van der Waals surface area contributed by atoms with E-state index in [4.69, 9.17) is 0 Å². The molecule has 18 heavy (non-hydrogen) atoms. The lowest BCUT2D eigenvalue weighted by Gasteiger charge is -2.34. The van der Waals surface area contributed by atoms with Crippen molar-refractivity contribution in [2.45, 2.75) is 43.4 Å². The summed E-state index contributed by atoms with van der Waals surface area (Å²) < 4.78 is 2.05. The van der Waals surface area contributed by atoms with Crippen molar-refractivity contribution in [3.63, 3.8) is 0 Å². The van der Waals surface area contributed by atoms with Crippen LogP contribution in [0.1, 0.15) is 32.0 Å². The fraction of sp³-hybridized carbons (Fsp3) is 0.833. The molecule has 0 aliphatic carbocycles. The van der Waals surface area contributed by atoms with Crippen LogP contribution in [0.3, 0.4) is 0 Å². The highest BCUT2D eigenvalue weighted by Gasteiger charge is 2.32. The summed E-state index contributed by atoms with van der Waals surface area (Å²) in [5, 5.41) is 13.0.